The molecule has 0 aromatic carbocycles. The van der Waals surface area contributed by atoms with Gasteiger partial charge in [0.05, 0.1) is 0 Å². The second kappa shape index (κ2) is 5.19. The lowest BCUT2D eigenvalue weighted by atomic mass is 9.58. The Bertz CT molecular complexity index is 390. The number of nitrogens with two attached hydrogens (primary N) is 1. The van der Waals surface area contributed by atoms with E-state index in [2.05, 4.69) is 50.5 Å². The molecule has 1 aliphatic rings. The van der Waals surface area contributed by atoms with Gasteiger partial charge in [0.1, 0.15) is 0 Å². The van der Waals surface area contributed by atoms with E-state index in [1.807, 2.05) is 11.3 Å². The van der Waals surface area contributed by atoms with E-state index >= 15 is 0 Å². The lowest BCUT2D eigenvalue weighted by Gasteiger charge is -2.52. The van der Waals surface area contributed by atoms with Crippen LogP contribution in [0.5, 0.6) is 0 Å². The summed E-state index contributed by atoms with van der Waals surface area (Å²) in [7, 11) is 0. The molecular formula is C16H28N2S. The van der Waals surface area contributed by atoms with E-state index in [4.69, 9.17) is 5.73 Å². The Morgan fingerprint density at radius 3 is 2.26 bits per heavy atom. The van der Waals surface area contributed by atoms with Gasteiger partial charge in [-0.25, -0.2) is 0 Å². The van der Waals surface area contributed by atoms with E-state index in [1.54, 1.807) is 0 Å². The summed E-state index contributed by atoms with van der Waals surface area (Å²) in [5.41, 5.74) is 6.98. The second-order valence-corrected chi connectivity index (χ2v) is 8.81. The van der Waals surface area contributed by atoms with E-state index in [0.717, 1.165) is 13.1 Å². The number of thiophene rings is 1. The van der Waals surface area contributed by atoms with Crippen LogP contribution in [0.1, 0.15) is 51.8 Å². The van der Waals surface area contributed by atoms with Crippen molar-refractivity contribution in [3.8, 4) is 0 Å². The lowest BCUT2D eigenvalue weighted by Crippen LogP contribution is -2.58. The van der Waals surface area contributed by atoms with Crippen LogP contribution < -0.4 is 11.1 Å². The van der Waals surface area contributed by atoms with Gasteiger partial charge in [-0.2, -0.15) is 0 Å². The summed E-state index contributed by atoms with van der Waals surface area (Å²) < 4.78 is 0. The molecule has 0 aliphatic heterocycles. The molecule has 2 nitrogen and oxygen atoms in total. The molecule has 0 unspecified atom stereocenters. The predicted octanol–water partition coefficient (Wildman–Crippen LogP) is 3.77. The van der Waals surface area contributed by atoms with Crippen molar-refractivity contribution in [3.05, 3.63) is 22.4 Å². The minimum atomic E-state index is 0.0925. The maximum Gasteiger partial charge on any atom is 0.0317 e. The molecule has 0 atom stereocenters. The zero-order valence-corrected chi connectivity index (χ0v) is 13.6. The third-order valence-corrected chi connectivity index (χ3v) is 5.08. The maximum atomic E-state index is 6.16. The monoisotopic (exact) mass is 280 g/mol. The quantitative estimate of drug-likeness (QED) is 0.881. The Kier molecular flexibility index (Phi) is 4.10. The van der Waals surface area contributed by atoms with Gasteiger partial charge in [0.2, 0.25) is 0 Å². The minimum absolute atomic E-state index is 0.0925. The van der Waals surface area contributed by atoms with Gasteiger partial charge in [-0.1, -0.05) is 33.8 Å². The van der Waals surface area contributed by atoms with E-state index in [-0.39, 0.29) is 5.54 Å². The number of nitrogens with one attached hydrogen (secondary N) is 1. The molecular weight excluding hydrogens is 252 g/mol. The minimum Gasteiger partial charge on any atom is -0.329 e. The third kappa shape index (κ3) is 3.80. The number of hydrogen-bond donors (Lipinski definition) is 2. The summed E-state index contributed by atoms with van der Waals surface area (Å²) in [6.45, 7) is 11.2. The molecule has 0 spiro atoms. The highest BCUT2D eigenvalue weighted by atomic mass is 32.1. The molecule has 3 heteroatoms. The Labute approximate surface area is 121 Å². The fraction of sp³-hybridized carbons (Fsp3) is 0.750. The van der Waals surface area contributed by atoms with E-state index in [1.165, 1.54) is 24.1 Å². The van der Waals surface area contributed by atoms with Gasteiger partial charge in [0, 0.05) is 23.5 Å². The molecule has 1 aromatic heterocycles. The van der Waals surface area contributed by atoms with Crippen LogP contribution in [-0.4, -0.2) is 12.1 Å². The summed E-state index contributed by atoms with van der Waals surface area (Å²) >= 11 is 1.82. The van der Waals surface area contributed by atoms with Crippen LogP contribution in [0, 0.1) is 10.8 Å². The highest BCUT2D eigenvalue weighted by molar-refractivity contribution is 7.09. The van der Waals surface area contributed by atoms with Crippen molar-refractivity contribution < 1.29 is 0 Å². The van der Waals surface area contributed by atoms with Crippen molar-refractivity contribution in [3.63, 3.8) is 0 Å². The summed E-state index contributed by atoms with van der Waals surface area (Å²) in [5, 5.41) is 5.92. The molecule has 108 valence electrons. The lowest BCUT2D eigenvalue weighted by molar-refractivity contribution is 0.0316. The first kappa shape index (κ1) is 15.0. The molecule has 3 N–H and O–H groups in total. The molecule has 1 aromatic rings. The molecule has 0 saturated heterocycles. The summed E-state index contributed by atoms with van der Waals surface area (Å²) in [4.78, 5) is 1.40. The standard InChI is InChI=1S/C16H28N2S/c1-14(2)9-15(3,4)11-16(10-14,12-17)18-8-13-6-5-7-19-13/h5-7,18H,8-12,17H2,1-4H3. The Balaban J connectivity index is 2.12. The Hall–Kier alpha value is -0.380. The first-order valence-corrected chi connectivity index (χ1v) is 8.12. The van der Waals surface area contributed by atoms with Crippen LogP contribution in [0.3, 0.4) is 0 Å². The fourth-order valence-corrected chi connectivity index (χ4v) is 4.99. The predicted molar refractivity (Wildman–Crippen MR) is 84.4 cm³/mol. The molecule has 1 fully saturated rings. The average Bonchev–Trinajstić information content (AvgIpc) is 2.75. The fourth-order valence-electron chi connectivity index (χ4n) is 4.34. The highest BCUT2D eigenvalue weighted by Gasteiger charge is 2.46. The van der Waals surface area contributed by atoms with Crippen molar-refractivity contribution in [1.82, 2.24) is 5.32 Å². The summed E-state index contributed by atoms with van der Waals surface area (Å²) in [5.74, 6) is 0. The first-order chi connectivity index (χ1) is 8.76. The topological polar surface area (TPSA) is 38.0 Å². The van der Waals surface area contributed by atoms with Crippen molar-refractivity contribution >= 4 is 11.3 Å². The van der Waals surface area contributed by atoms with Crippen LogP contribution in [0.2, 0.25) is 0 Å². The van der Waals surface area contributed by atoms with Crippen LogP contribution in [-0.2, 0) is 6.54 Å². The maximum absolute atomic E-state index is 6.16. The van der Waals surface area contributed by atoms with Crippen molar-refractivity contribution in [1.29, 1.82) is 0 Å². The first-order valence-electron chi connectivity index (χ1n) is 7.24. The molecule has 1 aliphatic carbocycles. The zero-order valence-electron chi connectivity index (χ0n) is 12.8. The van der Waals surface area contributed by atoms with Crippen molar-refractivity contribution in [2.75, 3.05) is 6.54 Å². The molecule has 2 rings (SSSR count). The average molecular weight is 280 g/mol. The summed E-state index contributed by atoms with van der Waals surface area (Å²) in [6, 6.07) is 4.31. The molecule has 0 bridgehead atoms. The molecule has 0 amide bonds. The SMILES string of the molecule is CC1(C)CC(C)(C)CC(CN)(NCc2cccs2)C1. The van der Waals surface area contributed by atoms with Crippen molar-refractivity contribution in [2.45, 2.75) is 59.0 Å². The molecule has 1 heterocycles. The van der Waals surface area contributed by atoms with E-state index in [9.17, 15) is 0 Å². The van der Waals surface area contributed by atoms with Crippen LogP contribution in [0.4, 0.5) is 0 Å². The van der Waals surface area contributed by atoms with E-state index in [0.29, 0.717) is 10.8 Å². The van der Waals surface area contributed by atoms with Gasteiger partial charge < -0.3 is 11.1 Å². The number of rotatable bonds is 4. The van der Waals surface area contributed by atoms with Gasteiger partial charge >= 0.3 is 0 Å². The smallest absolute Gasteiger partial charge is 0.0317 e. The molecule has 19 heavy (non-hydrogen) atoms. The normalized spacial score (nSPS) is 24.3. The van der Waals surface area contributed by atoms with Gasteiger partial charge in [0.15, 0.2) is 0 Å². The van der Waals surface area contributed by atoms with Crippen LogP contribution in [0.15, 0.2) is 17.5 Å². The number of hydrogen-bond acceptors (Lipinski definition) is 3. The van der Waals surface area contributed by atoms with Gasteiger partial charge in [-0.05, 0) is 41.5 Å². The highest BCUT2D eigenvalue weighted by Crippen LogP contribution is 2.49. The zero-order chi connectivity index (χ0) is 14.1. The molecule has 0 radical (unpaired) electrons. The third-order valence-electron chi connectivity index (χ3n) is 4.20. The Morgan fingerprint density at radius 1 is 1.16 bits per heavy atom. The largest absolute Gasteiger partial charge is 0.329 e. The second-order valence-electron chi connectivity index (χ2n) is 7.78. The van der Waals surface area contributed by atoms with E-state index < -0.39 is 0 Å². The van der Waals surface area contributed by atoms with Crippen LogP contribution in [0.25, 0.3) is 0 Å². The Morgan fingerprint density at radius 2 is 1.79 bits per heavy atom. The summed E-state index contributed by atoms with van der Waals surface area (Å²) in [6.07, 6.45) is 3.62. The van der Waals surface area contributed by atoms with Crippen LogP contribution >= 0.6 is 11.3 Å². The van der Waals surface area contributed by atoms with Gasteiger partial charge in [-0.3, -0.25) is 0 Å². The van der Waals surface area contributed by atoms with Gasteiger partial charge in [0.25, 0.3) is 0 Å². The van der Waals surface area contributed by atoms with Crippen molar-refractivity contribution in [2.24, 2.45) is 16.6 Å². The molecule has 1 saturated carbocycles. The van der Waals surface area contributed by atoms with Gasteiger partial charge in [-0.15, -0.1) is 11.3 Å².